The fourth-order valence-electron chi connectivity index (χ4n) is 5.38. The maximum absolute atomic E-state index is 4.84. The number of hydrogen-bond acceptors (Lipinski definition) is 1. The molecular weight excluding hydrogens is 446 g/mol. The van der Waals surface area contributed by atoms with Crippen LogP contribution in [-0.4, -0.2) is 12.3 Å². The summed E-state index contributed by atoms with van der Waals surface area (Å²) in [6.07, 6.45) is 20.1. The van der Waals surface area contributed by atoms with Crippen LogP contribution in [0.3, 0.4) is 0 Å². The van der Waals surface area contributed by atoms with Gasteiger partial charge >= 0.3 is 0 Å². The molecule has 1 heteroatoms. The number of benzene rings is 2. The summed E-state index contributed by atoms with van der Waals surface area (Å²) in [6.45, 7) is 11.9. The minimum atomic E-state index is 0.820. The molecular formula is C36H47N. The SMILES string of the molecule is CCCC(CCCCc1ccc(C)cc1C)CCC1=C=CC=C(CCN=C(C)c2ccccc2C)C=C1. The third-order valence-corrected chi connectivity index (χ3v) is 7.67. The van der Waals surface area contributed by atoms with Crippen LogP contribution in [0, 0.1) is 26.7 Å². The first kappa shape index (κ1) is 28.7. The van der Waals surface area contributed by atoms with Crippen LogP contribution in [0.4, 0.5) is 0 Å². The third kappa shape index (κ3) is 9.83. The number of aryl methyl sites for hydroxylation is 4. The molecule has 1 aliphatic rings. The van der Waals surface area contributed by atoms with E-state index in [2.05, 4.69) is 107 Å². The topological polar surface area (TPSA) is 12.4 Å². The van der Waals surface area contributed by atoms with Crippen molar-refractivity contribution in [3.8, 4) is 0 Å². The Morgan fingerprint density at radius 2 is 1.70 bits per heavy atom. The van der Waals surface area contributed by atoms with Gasteiger partial charge in [-0.3, -0.25) is 4.99 Å². The largest absolute Gasteiger partial charge is 0.289 e. The van der Waals surface area contributed by atoms with Gasteiger partial charge in [0.25, 0.3) is 0 Å². The Morgan fingerprint density at radius 3 is 2.49 bits per heavy atom. The maximum atomic E-state index is 4.84. The van der Waals surface area contributed by atoms with E-state index in [0.29, 0.717) is 0 Å². The number of unbranched alkanes of at least 4 members (excludes halogenated alkanes) is 1. The summed E-state index contributed by atoms with van der Waals surface area (Å²) >= 11 is 0. The zero-order valence-electron chi connectivity index (χ0n) is 23.9. The summed E-state index contributed by atoms with van der Waals surface area (Å²) in [7, 11) is 0. The fourth-order valence-corrected chi connectivity index (χ4v) is 5.38. The van der Waals surface area contributed by atoms with E-state index in [1.54, 1.807) is 0 Å². The highest BCUT2D eigenvalue weighted by molar-refractivity contribution is 5.99. The molecule has 1 atom stereocenters. The Morgan fingerprint density at radius 1 is 0.865 bits per heavy atom. The number of nitrogens with zero attached hydrogens (tertiary/aromatic N) is 1. The van der Waals surface area contributed by atoms with E-state index in [4.69, 9.17) is 4.99 Å². The van der Waals surface area contributed by atoms with E-state index in [0.717, 1.165) is 31.0 Å². The van der Waals surface area contributed by atoms with Crippen molar-refractivity contribution in [3.63, 3.8) is 0 Å². The minimum Gasteiger partial charge on any atom is -0.289 e. The molecule has 3 rings (SSSR count). The van der Waals surface area contributed by atoms with Crippen LogP contribution < -0.4 is 0 Å². The molecule has 0 radical (unpaired) electrons. The first-order chi connectivity index (χ1) is 18.0. The molecule has 0 saturated carbocycles. The van der Waals surface area contributed by atoms with Gasteiger partial charge in [-0.05, 0) is 105 Å². The van der Waals surface area contributed by atoms with E-state index in [9.17, 15) is 0 Å². The molecule has 0 aromatic heterocycles. The highest BCUT2D eigenvalue weighted by atomic mass is 14.7. The van der Waals surface area contributed by atoms with Crippen LogP contribution in [0.1, 0.15) is 93.0 Å². The molecule has 1 unspecified atom stereocenters. The van der Waals surface area contributed by atoms with E-state index in [1.165, 1.54) is 83.9 Å². The number of hydrogen-bond donors (Lipinski definition) is 0. The molecule has 0 fully saturated rings. The van der Waals surface area contributed by atoms with Gasteiger partial charge in [0.05, 0.1) is 0 Å². The normalized spacial score (nSPS) is 14.4. The standard InChI is InChI=1S/C36H47N/c1-6-12-32(14-8-9-17-35-24-19-28(2)27-30(35)4)20-21-33-15-11-16-34(23-22-33)25-26-37-31(5)36-18-10-7-13-29(36)3/h7,10-11,13,16,18-19,22-24,27,32H,6,8-9,12,14,17,20-21,25-26H2,1-5H3. The molecule has 2 aromatic carbocycles. The lowest BCUT2D eigenvalue weighted by Gasteiger charge is -2.16. The highest BCUT2D eigenvalue weighted by Gasteiger charge is 2.10. The number of rotatable bonds is 14. The Balaban J connectivity index is 1.41. The monoisotopic (exact) mass is 493 g/mol. The first-order valence-corrected chi connectivity index (χ1v) is 14.4. The third-order valence-electron chi connectivity index (χ3n) is 7.67. The predicted molar refractivity (Wildman–Crippen MR) is 163 cm³/mol. The van der Waals surface area contributed by atoms with Crippen molar-refractivity contribution in [2.45, 2.75) is 92.4 Å². The molecule has 196 valence electrons. The van der Waals surface area contributed by atoms with Crippen LogP contribution in [0.25, 0.3) is 0 Å². The van der Waals surface area contributed by atoms with Crippen molar-refractivity contribution in [2.24, 2.45) is 10.9 Å². The summed E-state index contributed by atoms with van der Waals surface area (Å²) in [5, 5.41) is 0. The lowest BCUT2D eigenvalue weighted by Crippen LogP contribution is -2.02. The van der Waals surface area contributed by atoms with Gasteiger partial charge in [-0.1, -0.05) is 98.9 Å². The summed E-state index contributed by atoms with van der Waals surface area (Å²) in [4.78, 5) is 4.84. The van der Waals surface area contributed by atoms with Crippen molar-refractivity contribution >= 4 is 5.71 Å². The maximum Gasteiger partial charge on any atom is 0.0433 e. The van der Waals surface area contributed by atoms with Gasteiger partial charge in [0.1, 0.15) is 0 Å². The summed E-state index contributed by atoms with van der Waals surface area (Å²) < 4.78 is 0. The lowest BCUT2D eigenvalue weighted by atomic mass is 9.89. The molecule has 1 nitrogen and oxygen atoms in total. The molecule has 0 aliphatic heterocycles. The van der Waals surface area contributed by atoms with E-state index in [-0.39, 0.29) is 0 Å². The van der Waals surface area contributed by atoms with Crippen LogP contribution in [0.2, 0.25) is 0 Å². The molecule has 1 aliphatic carbocycles. The quantitative estimate of drug-likeness (QED) is 0.141. The minimum absolute atomic E-state index is 0.820. The van der Waals surface area contributed by atoms with Gasteiger partial charge in [0, 0.05) is 12.3 Å². The predicted octanol–water partition coefficient (Wildman–Crippen LogP) is 10.00. The van der Waals surface area contributed by atoms with Crippen LogP contribution in [0.15, 0.2) is 88.6 Å². The molecule has 0 spiro atoms. The lowest BCUT2D eigenvalue weighted by molar-refractivity contribution is 0.399. The van der Waals surface area contributed by atoms with Crippen molar-refractivity contribution in [3.05, 3.63) is 111 Å². The highest BCUT2D eigenvalue weighted by Crippen LogP contribution is 2.25. The molecule has 0 N–H and O–H groups in total. The summed E-state index contributed by atoms with van der Waals surface area (Å²) in [5.41, 5.74) is 14.2. The molecule has 37 heavy (non-hydrogen) atoms. The van der Waals surface area contributed by atoms with Crippen LogP contribution in [-0.2, 0) is 6.42 Å². The van der Waals surface area contributed by atoms with Crippen molar-refractivity contribution in [1.82, 2.24) is 0 Å². The Bertz CT molecular complexity index is 1170. The fraction of sp³-hybridized carbons (Fsp3) is 0.444. The molecule has 0 saturated heterocycles. The Labute approximate surface area is 226 Å². The van der Waals surface area contributed by atoms with E-state index >= 15 is 0 Å². The molecule has 0 heterocycles. The van der Waals surface area contributed by atoms with Gasteiger partial charge in [-0.15, -0.1) is 5.73 Å². The molecule has 0 amide bonds. The smallest absolute Gasteiger partial charge is 0.0433 e. The second-order valence-corrected chi connectivity index (χ2v) is 10.8. The number of aliphatic imine (C=N–C) groups is 1. The van der Waals surface area contributed by atoms with Crippen LogP contribution in [0.5, 0.6) is 0 Å². The molecule has 2 aromatic rings. The van der Waals surface area contributed by atoms with Gasteiger partial charge in [-0.25, -0.2) is 0 Å². The van der Waals surface area contributed by atoms with Gasteiger partial charge < -0.3 is 0 Å². The number of allylic oxidation sites excluding steroid dienone is 4. The Hall–Kier alpha value is -2.89. The average molecular weight is 494 g/mol. The van der Waals surface area contributed by atoms with Gasteiger partial charge in [0.2, 0.25) is 0 Å². The first-order valence-electron chi connectivity index (χ1n) is 14.4. The summed E-state index contributed by atoms with van der Waals surface area (Å²) in [5.74, 6) is 0.821. The van der Waals surface area contributed by atoms with Gasteiger partial charge in [0.15, 0.2) is 0 Å². The van der Waals surface area contributed by atoms with Gasteiger partial charge in [-0.2, -0.15) is 0 Å². The Kier molecular flexibility index (Phi) is 11.9. The summed E-state index contributed by atoms with van der Waals surface area (Å²) in [6, 6.07) is 15.4. The average Bonchev–Trinajstić information content (AvgIpc) is 3.11. The van der Waals surface area contributed by atoms with Crippen molar-refractivity contribution in [1.29, 1.82) is 0 Å². The van der Waals surface area contributed by atoms with E-state index < -0.39 is 0 Å². The zero-order chi connectivity index (χ0) is 26.5. The van der Waals surface area contributed by atoms with Crippen molar-refractivity contribution in [2.75, 3.05) is 6.54 Å². The van der Waals surface area contributed by atoms with Crippen molar-refractivity contribution < 1.29 is 0 Å². The second kappa shape index (κ2) is 15.4. The molecule has 0 bridgehead atoms. The van der Waals surface area contributed by atoms with E-state index in [1.807, 2.05) is 0 Å². The zero-order valence-corrected chi connectivity index (χ0v) is 23.9. The van der Waals surface area contributed by atoms with Crippen LogP contribution >= 0.6 is 0 Å². The second-order valence-electron chi connectivity index (χ2n) is 10.8.